The minimum absolute atomic E-state index is 0.0600. The average molecular weight is 227 g/mol. The Hall–Kier alpha value is -0.360. The van der Waals surface area contributed by atoms with Gasteiger partial charge >= 0.3 is 11.9 Å². The third-order valence-electron chi connectivity index (χ3n) is 1.92. The summed E-state index contributed by atoms with van der Waals surface area (Å²) in [6.07, 6.45) is 1.87. The fourth-order valence-corrected chi connectivity index (χ4v) is 1.64. The van der Waals surface area contributed by atoms with E-state index in [0.29, 0.717) is 5.75 Å². The molecule has 0 amide bonds. The minimum Gasteiger partial charge on any atom is -0.477 e. The number of nitrogens with zero attached hydrogens (tertiary/aromatic N) is 1. The van der Waals surface area contributed by atoms with Crippen LogP contribution in [-0.2, 0) is 4.79 Å². The maximum Gasteiger partial charge on any atom is 0.375 e. The van der Waals surface area contributed by atoms with Crippen molar-refractivity contribution >= 4 is 17.7 Å². The van der Waals surface area contributed by atoms with Crippen molar-refractivity contribution in [3.63, 3.8) is 0 Å². The summed E-state index contributed by atoms with van der Waals surface area (Å²) in [7, 11) is 1.50. The fraction of sp³-hybridized carbons (Fsp3) is 0.875. The number of hydrogen-bond donors (Lipinski definition) is 1. The molecule has 0 spiro atoms. The van der Waals surface area contributed by atoms with Crippen molar-refractivity contribution < 1.29 is 18.7 Å². The molecule has 0 aromatic carbocycles. The van der Waals surface area contributed by atoms with Gasteiger partial charge in [-0.25, -0.2) is 4.79 Å². The van der Waals surface area contributed by atoms with Crippen LogP contribution in [0.25, 0.3) is 0 Å². The number of carbonyl (C=O) groups is 1. The van der Waals surface area contributed by atoms with E-state index in [2.05, 4.69) is 0 Å². The van der Waals surface area contributed by atoms with Crippen molar-refractivity contribution in [3.05, 3.63) is 0 Å². The quantitative estimate of drug-likeness (QED) is 0.744. The molecule has 1 unspecified atom stereocenters. The highest BCUT2D eigenvalue weighted by atomic mass is 32.2. The summed E-state index contributed by atoms with van der Waals surface area (Å²) in [5, 5.41) is 8.22. The van der Waals surface area contributed by atoms with Crippen molar-refractivity contribution in [3.8, 4) is 0 Å². The van der Waals surface area contributed by atoms with Gasteiger partial charge in [-0.3, -0.25) is 4.90 Å². The molecule has 0 saturated heterocycles. The predicted molar refractivity (Wildman–Crippen MR) is 53.1 cm³/mol. The first kappa shape index (κ1) is 13.6. The lowest BCUT2D eigenvalue weighted by atomic mass is 10.2. The van der Waals surface area contributed by atoms with E-state index < -0.39 is 18.4 Å². The molecule has 0 aromatic rings. The second-order valence-electron chi connectivity index (χ2n) is 3.23. The van der Waals surface area contributed by atoms with E-state index in [-0.39, 0.29) is 6.04 Å². The number of hydrogen-bond acceptors (Lipinski definition) is 3. The number of carboxylic acid groups (broad SMARTS) is 1. The average Bonchev–Trinajstić information content (AvgIpc) is 2.03. The van der Waals surface area contributed by atoms with Crippen LogP contribution in [0.3, 0.4) is 0 Å². The monoisotopic (exact) mass is 227 g/mol. The van der Waals surface area contributed by atoms with E-state index in [1.165, 1.54) is 23.7 Å². The van der Waals surface area contributed by atoms with Crippen LogP contribution in [-0.4, -0.2) is 53.5 Å². The Morgan fingerprint density at radius 3 is 2.50 bits per heavy atom. The molecule has 0 aliphatic carbocycles. The number of alkyl halides is 2. The molecule has 84 valence electrons. The van der Waals surface area contributed by atoms with E-state index in [4.69, 9.17) is 5.11 Å². The van der Waals surface area contributed by atoms with Crippen molar-refractivity contribution in [2.24, 2.45) is 0 Å². The lowest BCUT2D eigenvalue weighted by molar-refractivity contribution is -0.167. The molecule has 0 aliphatic heterocycles. The molecule has 0 rings (SSSR count). The first-order valence-electron chi connectivity index (χ1n) is 4.11. The first-order valence-corrected chi connectivity index (χ1v) is 5.51. The van der Waals surface area contributed by atoms with Crippen LogP contribution in [0.15, 0.2) is 0 Å². The lowest BCUT2D eigenvalue weighted by Gasteiger charge is -2.26. The molecule has 3 nitrogen and oxygen atoms in total. The van der Waals surface area contributed by atoms with Gasteiger partial charge in [0.25, 0.3) is 0 Å². The Labute approximate surface area is 86.5 Å². The van der Waals surface area contributed by atoms with Gasteiger partial charge in [0.1, 0.15) is 0 Å². The van der Waals surface area contributed by atoms with Gasteiger partial charge in [0.15, 0.2) is 0 Å². The van der Waals surface area contributed by atoms with Crippen LogP contribution in [0, 0.1) is 0 Å². The van der Waals surface area contributed by atoms with Gasteiger partial charge < -0.3 is 5.11 Å². The van der Waals surface area contributed by atoms with Gasteiger partial charge in [-0.15, -0.1) is 0 Å². The maximum absolute atomic E-state index is 12.7. The van der Waals surface area contributed by atoms with Crippen molar-refractivity contribution in [1.82, 2.24) is 4.90 Å². The zero-order valence-corrected chi connectivity index (χ0v) is 9.27. The van der Waals surface area contributed by atoms with Gasteiger partial charge in [0.05, 0.1) is 6.54 Å². The normalized spacial score (nSPS) is 14.4. The number of halogens is 2. The van der Waals surface area contributed by atoms with E-state index in [0.717, 1.165) is 0 Å². The van der Waals surface area contributed by atoms with Crippen LogP contribution in [0.1, 0.15) is 6.92 Å². The summed E-state index contributed by atoms with van der Waals surface area (Å²) >= 11 is 1.54. The highest BCUT2D eigenvalue weighted by Crippen LogP contribution is 2.16. The molecule has 1 atom stereocenters. The molecule has 0 bridgehead atoms. The molecule has 0 radical (unpaired) electrons. The number of rotatable bonds is 6. The minimum atomic E-state index is -3.67. The SMILES string of the molecule is CSCC(C)N(C)CC(F)(F)C(=O)O. The second kappa shape index (κ2) is 5.50. The van der Waals surface area contributed by atoms with Crippen molar-refractivity contribution in [1.29, 1.82) is 0 Å². The predicted octanol–water partition coefficient (Wildman–Crippen LogP) is 1.39. The van der Waals surface area contributed by atoms with Gasteiger partial charge in [-0.05, 0) is 20.2 Å². The summed E-state index contributed by atoms with van der Waals surface area (Å²) in [6, 6.07) is -0.0600. The highest BCUT2D eigenvalue weighted by molar-refractivity contribution is 7.98. The summed E-state index contributed by atoms with van der Waals surface area (Å²) in [4.78, 5) is 11.5. The Kier molecular flexibility index (Phi) is 5.36. The maximum atomic E-state index is 12.7. The topological polar surface area (TPSA) is 40.5 Å². The largest absolute Gasteiger partial charge is 0.477 e. The zero-order valence-electron chi connectivity index (χ0n) is 8.46. The molecular formula is C8H15F2NO2S. The summed E-state index contributed by atoms with van der Waals surface area (Å²) < 4.78 is 25.5. The summed E-state index contributed by atoms with van der Waals surface area (Å²) in [5.74, 6) is -5.03. The molecule has 0 heterocycles. The Morgan fingerprint density at radius 1 is 1.64 bits per heavy atom. The van der Waals surface area contributed by atoms with Crippen LogP contribution >= 0.6 is 11.8 Å². The third kappa shape index (κ3) is 4.23. The Morgan fingerprint density at radius 2 is 2.14 bits per heavy atom. The third-order valence-corrected chi connectivity index (χ3v) is 2.74. The van der Waals surface area contributed by atoms with E-state index >= 15 is 0 Å². The first-order chi connectivity index (χ1) is 6.31. The van der Waals surface area contributed by atoms with Crippen molar-refractivity contribution in [2.75, 3.05) is 25.6 Å². The molecule has 0 aliphatic rings. The molecule has 0 fully saturated rings. The van der Waals surface area contributed by atoms with Crippen LogP contribution in [0.2, 0.25) is 0 Å². The van der Waals surface area contributed by atoms with E-state index in [1.54, 1.807) is 6.92 Å². The summed E-state index contributed by atoms with van der Waals surface area (Å²) in [5.41, 5.74) is 0. The molecule has 0 aromatic heterocycles. The van der Waals surface area contributed by atoms with Crippen LogP contribution < -0.4 is 0 Å². The number of thioether (sulfide) groups is 1. The van der Waals surface area contributed by atoms with Gasteiger partial charge in [-0.2, -0.15) is 20.5 Å². The molecule has 6 heteroatoms. The molecule has 0 saturated carbocycles. The standard InChI is InChI=1S/C8H15F2NO2S/c1-6(4-14-3)11(2)5-8(9,10)7(12)13/h6H,4-5H2,1-3H3,(H,12,13). The van der Waals surface area contributed by atoms with Crippen LogP contribution in [0.4, 0.5) is 8.78 Å². The number of carboxylic acids is 1. The molecule has 1 N–H and O–H groups in total. The second-order valence-corrected chi connectivity index (χ2v) is 4.14. The van der Waals surface area contributed by atoms with E-state index in [9.17, 15) is 13.6 Å². The summed E-state index contributed by atoms with van der Waals surface area (Å²) in [6.45, 7) is 1.04. The fourth-order valence-electron chi connectivity index (χ4n) is 0.905. The van der Waals surface area contributed by atoms with Crippen LogP contribution in [0.5, 0.6) is 0 Å². The smallest absolute Gasteiger partial charge is 0.375 e. The zero-order chi connectivity index (χ0) is 11.4. The lowest BCUT2D eigenvalue weighted by Crippen LogP contribution is -2.44. The van der Waals surface area contributed by atoms with Gasteiger partial charge in [-0.1, -0.05) is 0 Å². The molecule has 14 heavy (non-hydrogen) atoms. The Bertz CT molecular complexity index is 202. The molecular weight excluding hydrogens is 212 g/mol. The highest BCUT2D eigenvalue weighted by Gasteiger charge is 2.40. The Balaban J connectivity index is 4.16. The van der Waals surface area contributed by atoms with Crippen molar-refractivity contribution in [2.45, 2.75) is 18.9 Å². The van der Waals surface area contributed by atoms with Gasteiger partial charge in [0.2, 0.25) is 0 Å². The van der Waals surface area contributed by atoms with Gasteiger partial charge in [0, 0.05) is 11.8 Å². The number of aliphatic carboxylic acids is 1. The van der Waals surface area contributed by atoms with E-state index in [1.807, 2.05) is 6.26 Å².